The van der Waals surface area contributed by atoms with Crippen LogP contribution in [0.1, 0.15) is 57.5 Å². The number of esters is 2. The Morgan fingerprint density at radius 1 is 0.731 bits per heavy atom. The highest BCUT2D eigenvalue weighted by Gasteiger charge is 2.59. The lowest BCUT2D eigenvalue weighted by molar-refractivity contribution is -0.123. The first-order valence-electron chi connectivity index (χ1n) is 15.8. The van der Waals surface area contributed by atoms with Crippen molar-refractivity contribution in [3.8, 4) is 11.8 Å². The Bertz CT molecular complexity index is 2010. The van der Waals surface area contributed by atoms with E-state index in [9.17, 15) is 32.3 Å². The minimum Gasteiger partial charge on any atom is -0.404 e. The number of nitrogens with zero attached hydrogens (tertiary/aromatic N) is 3. The average Bonchev–Trinajstić information content (AvgIpc) is 3.41. The van der Waals surface area contributed by atoms with Crippen molar-refractivity contribution in [2.75, 3.05) is 4.90 Å². The van der Waals surface area contributed by atoms with Crippen LogP contribution in [0.2, 0.25) is 0 Å². The zero-order chi connectivity index (χ0) is 37.0. The largest absolute Gasteiger partial charge is 0.446 e. The van der Waals surface area contributed by atoms with Crippen LogP contribution in [0.5, 0.6) is 11.8 Å². The molecule has 1 fully saturated rings. The van der Waals surface area contributed by atoms with Gasteiger partial charge >= 0.3 is 23.5 Å². The summed E-state index contributed by atoms with van der Waals surface area (Å²) < 4.78 is 50.1. The van der Waals surface area contributed by atoms with Gasteiger partial charge in [0, 0.05) is 41.3 Å². The molecule has 1 aliphatic heterocycles. The Morgan fingerprint density at radius 3 is 1.63 bits per heavy atom. The van der Waals surface area contributed by atoms with Crippen LogP contribution in [-0.2, 0) is 4.79 Å². The van der Waals surface area contributed by atoms with Crippen molar-refractivity contribution in [1.29, 1.82) is 0 Å². The molecule has 1 saturated heterocycles. The molecule has 3 aromatic carbocycles. The number of hydrogen-bond donors (Lipinski definition) is 1. The molecule has 0 radical (unpaired) electrons. The number of alkyl halides is 3. The summed E-state index contributed by atoms with van der Waals surface area (Å²) in [6.45, 7) is 3.41. The fourth-order valence-corrected chi connectivity index (χ4v) is 6.58. The number of amides is 3. The number of halogens is 3. The summed E-state index contributed by atoms with van der Waals surface area (Å²) in [5.41, 5.74) is -4.69. The van der Waals surface area contributed by atoms with E-state index in [0.29, 0.717) is 22.3 Å². The van der Waals surface area contributed by atoms with Gasteiger partial charge in [-0.2, -0.15) is 13.2 Å². The Hall–Kier alpha value is -6.02. The minimum absolute atomic E-state index is 0.0496. The number of pyridine rings is 2. The second-order valence-corrected chi connectivity index (χ2v) is 12.9. The number of rotatable bonds is 10. The molecule has 10 nitrogen and oxygen atoms in total. The molecule has 2 aromatic heterocycles. The first kappa shape index (κ1) is 35.8. The number of thioether (sulfide) groups is 1. The third-order valence-corrected chi connectivity index (χ3v) is 9.44. The molecule has 1 aliphatic rings. The predicted molar refractivity (Wildman–Crippen MR) is 185 cm³/mol. The quantitative estimate of drug-likeness (QED) is 0.0867. The van der Waals surface area contributed by atoms with E-state index in [1.54, 1.807) is 86.6 Å². The Labute approximate surface area is 300 Å². The summed E-state index contributed by atoms with van der Waals surface area (Å²) in [6.07, 6.45) is 2.81. The van der Waals surface area contributed by atoms with Crippen LogP contribution in [0.15, 0.2) is 126 Å². The molecule has 2 atom stereocenters. The molecule has 52 heavy (non-hydrogen) atoms. The highest BCUT2D eigenvalue weighted by Crippen LogP contribution is 2.46. The fraction of sp³-hybridized carbons (Fsp3) is 0.158. The number of nitrogens with one attached hydrogen (secondary N) is 1. The van der Waals surface area contributed by atoms with Gasteiger partial charge in [-0.3, -0.25) is 4.79 Å². The van der Waals surface area contributed by atoms with Gasteiger partial charge < -0.3 is 14.8 Å². The zero-order valence-corrected chi connectivity index (χ0v) is 28.4. The van der Waals surface area contributed by atoms with Crippen LogP contribution in [0, 0.1) is 0 Å². The first-order valence-corrected chi connectivity index (χ1v) is 16.7. The lowest BCUT2D eigenvalue weighted by Gasteiger charge is -2.38. The number of anilines is 1. The van der Waals surface area contributed by atoms with E-state index in [1.807, 2.05) is 0 Å². The molecular formula is C38H29F3N4O6S. The number of hydrogen-bond acceptors (Lipinski definition) is 9. The molecule has 6 rings (SSSR count). The molecule has 5 aromatic rings. The van der Waals surface area contributed by atoms with Gasteiger partial charge in [-0.1, -0.05) is 50.2 Å². The number of carbonyl (C=O) groups excluding carboxylic acids is 4. The molecule has 3 heterocycles. The van der Waals surface area contributed by atoms with Gasteiger partial charge in [0.25, 0.3) is 5.91 Å². The summed E-state index contributed by atoms with van der Waals surface area (Å²) in [7, 11) is 0. The van der Waals surface area contributed by atoms with Crippen LogP contribution >= 0.6 is 11.8 Å². The van der Waals surface area contributed by atoms with E-state index >= 15 is 0 Å². The van der Waals surface area contributed by atoms with E-state index < -0.39 is 46.8 Å². The topological polar surface area (TPSA) is 128 Å². The van der Waals surface area contributed by atoms with E-state index in [4.69, 9.17) is 9.47 Å². The zero-order valence-electron chi connectivity index (χ0n) is 27.5. The lowest BCUT2D eigenvalue weighted by atomic mass is 9.70. The summed E-state index contributed by atoms with van der Waals surface area (Å²) in [4.78, 5) is 63.2. The number of ether oxygens (including phenoxy) is 2. The van der Waals surface area contributed by atoms with E-state index in [2.05, 4.69) is 15.3 Å². The molecule has 0 saturated carbocycles. The minimum atomic E-state index is -4.53. The van der Waals surface area contributed by atoms with Gasteiger partial charge in [0.15, 0.2) is 0 Å². The average molecular weight is 727 g/mol. The van der Waals surface area contributed by atoms with Gasteiger partial charge in [0.1, 0.15) is 5.54 Å². The van der Waals surface area contributed by atoms with E-state index in [0.717, 1.165) is 4.90 Å². The van der Waals surface area contributed by atoms with E-state index in [-0.39, 0.29) is 34.1 Å². The number of urea groups is 1. The summed E-state index contributed by atoms with van der Waals surface area (Å²) >= 11 is -0.322. The van der Waals surface area contributed by atoms with Crippen molar-refractivity contribution >= 4 is 41.3 Å². The number of aromatic nitrogens is 2. The molecule has 264 valence electrons. The first-order chi connectivity index (χ1) is 24.9. The van der Waals surface area contributed by atoms with Crippen molar-refractivity contribution in [2.24, 2.45) is 0 Å². The lowest BCUT2D eigenvalue weighted by Crippen LogP contribution is -2.55. The third kappa shape index (κ3) is 7.51. The summed E-state index contributed by atoms with van der Waals surface area (Å²) in [5, 5.41) is 2.88. The Morgan fingerprint density at radius 2 is 1.19 bits per heavy atom. The van der Waals surface area contributed by atoms with Gasteiger partial charge in [-0.25, -0.2) is 29.3 Å². The molecule has 0 spiro atoms. The van der Waals surface area contributed by atoms with Crippen LogP contribution in [0.3, 0.4) is 0 Å². The molecule has 3 amide bonds. The molecule has 0 aliphatic carbocycles. The van der Waals surface area contributed by atoms with Crippen molar-refractivity contribution in [3.05, 3.63) is 144 Å². The number of imide groups is 1. The maximum absolute atomic E-state index is 14.7. The SMILES string of the molecule is CC(c1ccnc(OC(=O)c2ccccc2)c1)C1(C(C)c2ccnc(OC(=O)c3ccccc3)c2)NC(=O)N(c2ccc(SC(F)(F)F)cc2)C1=O. The van der Waals surface area contributed by atoms with Gasteiger partial charge in [-0.15, -0.1) is 0 Å². The van der Waals surface area contributed by atoms with Crippen LogP contribution in [0.25, 0.3) is 0 Å². The van der Waals surface area contributed by atoms with Gasteiger partial charge in [0.2, 0.25) is 11.8 Å². The fourth-order valence-electron chi connectivity index (χ4n) is 6.04. The molecule has 2 unspecified atom stereocenters. The molecule has 1 N–H and O–H groups in total. The summed E-state index contributed by atoms with van der Waals surface area (Å²) in [6, 6.07) is 26.9. The molecule has 14 heteroatoms. The highest BCUT2D eigenvalue weighted by atomic mass is 32.2. The number of carbonyl (C=O) groups is 4. The molecular weight excluding hydrogens is 698 g/mol. The van der Waals surface area contributed by atoms with Crippen molar-refractivity contribution in [3.63, 3.8) is 0 Å². The smallest absolute Gasteiger partial charge is 0.404 e. The highest BCUT2D eigenvalue weighted by molar-refractivity contribution is 8.00. The Balaban J connectivity index is 1.37. The monoisotopic (exact) mass is 726 g/mol. The maximum atomic E-state index is 14.7. The Kier molecular flexibility index (Phi) is 10.1. The van der Waals surface area contributed by atoms with E-state index in [1.165, 1.54) is 48.8 Å². The van der Waals surface area contributed by atoms with Crippen molar-refractivity contribution in [2.45, 2.75) is 41.6 Å². The second kappa shape index (κ2) is 14.7. The normalized spacial score (nSPS) is 16.9. The summed E-state index contributed by atoms with van der Waals surface area (Å²) in [5.74, 6) is -3.77. The third-order valence-electron chi connectivity index (χ3n) is 8.70. The van der Waals surface area contributed by atoms with Crippen LogP contribution < -0.4 is 19.7 Å². The predicted octanol–water partition coefficient (Wildman–Crippen LogP) is 7.93. The number of benzene rings is 3. The van der Waals surface area contributed by atoms with Crippen molar-refractivity contribution < 1.29 is 41.8 Å². The second-order valence-electron chi connectivity index (χ2n) is 11.8. The van der Waals surface area contributed by atoms with Gasteiger partial charge in [-0.05, 0) is 83.6 Å². The maximum Gasteiger partial charge on any atom is 0.446 e. The van der Waals surface area contributed by atoms with Gasteiger partial charge in [0.05, 0.1) is 16.8 Å². The standard InChI is InChI=1S/C38H29F3N4O6S/c1-23(27-17-19-42-31(21-27)50-33(46)25-9-5-3-6-10-25)37(24(2)28-18-20-43-32(22-28)51-34(47)26-11-7-4-8-12-26)35(48)45(36(49)44-37)29-13-15-30(16-14-29)52-38(39,40)41/h3-24H,1-2H3,(H,44,49). The molecule has 0 bridgehead atoms. The van der Waals surface area contributed by atoms with Crippen LogP contribution in [-0.4, -0.2) is 44.9 Å². The van der Waals surface area contributed by atoms with Crippen LogP contribution in [0.4, 0.5) is 23.7 Å². The van der Waals surface area contributed by atoms with Crippen molar-refractivity contribution in [1.82, 2.24) is 15.3 Å².